The van der Waals surface area contributed by atoms with Gasteiger partial charge in [-0.05, 0) is 61.7 Å². The molecule has 0 spiro atoms. The van der Waals surface area contributed by atoms with Crippen LogP contribution >= 0.6 is 0 Å². The molecule has 1 unspecified atom stereocenters. The zero-order valence-corrected chi connectivity index (χ0v) is 16.0. The molecule has 5 nitrogen and oxygen atoms in total. The zero-order chi connectivity index (χ0) is 20.7. The summed E-state index contributed by atoms with van der Waals surface area (Å²) in [6, 6.07) is 8.00. The number of nitrogens with zero attached hydrogens (tertiary/aromatic N) is 1. The van der Waals surface area contributed by atoms with Gasteiger partial charge in [0.25, 0.3) is 10.0 Å². The lowest BCUT2D eigenvalue weighted by Crippen LogP contribution is -2.42. The van der Waals surface area contributed by atoms with E-state index in [1.807, 2.05) is 0 Å². The Morgan fingerprint density at radius 2 is 1.89 bits per heavy atom. The summed E-state index contributed by atoms with van der Waals surface area (Å²) in [5, 5.41) is 0. The van der Waals surface area contributed by atoms with E-state index in [-0.39, 0.29) is 16.1 Å². The fraction of sp³-hybridized carbons (Fsp3) is 0.316. The molecule has 0 saturated heterocycles. The molecule has 1 heterocycles. The zero-order valence-electron chi connectivity index (χ0n) is 15.2. The molecule has 1 atom stereocenters. The molecule has 0 saturated carbocycles. The van der Waals surface area contributed by atoms with Gasteiger partial charge in [-0.3, -0.25) is 4.31 Å². The second kappa shape index (κ2) is 7.12. The highest BCUT2D eigenvalue weighted by Crippen LogP contribution is 2.39. The average molecular weight is 413 g/mol. The number of rotatable bonds is 3. The SMILES string of the molecule is COC(=O)c1cccc(S(=O)(=O)N2c3ccc(C(F)(F)F)cc3CCC2C)c1. The highest BCUT2D eigenvalue weighted by atomic mass is 32.2. The van der Waals surface area contributed by atoms with Crippen LogP contribution in [0.25, 0.3) is 0 Å². The van der Waals surface area contributed by atoms with E-state index < -0.39 is 33.8 Å². The molecule has 2 aromatic rings. The minimum atomic E-state index is -4.50. The fourth-order valence-electron chi connectivity index (χ4n) is 3.28. The van der Waals surface area contributed by atoms with Crippen molar-refractivity contribution in [1.29, 1.82) is 0 Å². The van der Waals surface area contributed by atoms with Crippen molar-refractivity contribution in [2.24, 2.45) is 0 Å². The van der Waals surface area contributed by atoms with Gasteiger partial charge < -0.3 is 4.74 Å². The molecule has 2 aromatic carbocycles. The van der Waals surface area contributed by atoms with Crippen LogP contribution in [0, 0.1) is 0 Å². The molecule has 28 heavy (non-hydrogen) atoms. The Balaban J connectivity index is 2.09. The van der Waals surface area contributed by atoms with Gasteiger partial charge in [0.05, 0.1) is 28.8 Å². The Morgan fingerprint density at radius 3 is 2.54 bits per heavy atom. The molecule has 0 N–H and O–H groups in total. The Morgan fingerprint density at radius 1 is 1.18 bits per heavy atom. The second-order valence-electron chi connectivity index (χ2n) is 6.55. The van der Waals surface area contributed by atoms with Crippen molar-refractivity contribution in [3.8, 4) is 0 Å². The van der Waals surface area contributed by atoms with E-state index in [0.29, 0.717) is 18.4 Å². The highest BCUT2D eigenvalue weighted by Gasteiger charge is 2.37. The van der Waals surface area contributed by atoms with Gasteiger partial charge in [-0.2, -0.15) is 13.2 Å². The van der Waals surface area contributed by atoms with Gasteiger partial charge >= 0.3 is 12.1 Å². The van der Waals surface area contributed by atoms with E-state index in [2.05, 4.69) is 4.74 Å². The maximum atomic E-state index is 13.3. The van der Waals surface area contributed by atoms with Crippen LogP contribution in [0.2, 0.25) is 0 Å². The van der Waals surface area contributed by atoms with Crippen LogP contribution in [-0.2, 0) is 27.4 Å². The summed E-state index contributed by atoms with van der Waals surface area (Å²) in [6.07, 6.45) is -3.78. The molecular formula is C19H18F3NO4S. The van der Waals surface area contributed by atoms with Gasteiger partial charge in [-0.15, -0.1) is 0 Å². The minimum Gasteiger partial charge on any atom is -0.465 e. The third-order valence-corrected chi connectivity index (χ3v) is 6.61. The number of methoxy groups -OCH3 is 1. The summed E-state index contributed by atoms with van der Waals surface area (Å²) in [5.74, 6) is -0.682. The number of ether oxygens (including phenoxy) is 1. The van der Waals surface area contributed by atoms with Crippen LogP contribution in [0.3, 0.4) is 0 Å². The molecule has 0 fully saturated rings. The number of aryl methyl sites for hydroxylation is 1. The van der Waals surface area contributed by atoms with Crippen molar-refractivity contribution in [1.82, 2.24) is 0 Å². The highest BCUT2D eigenvalue weighted by molar-refractivity contribution is 7.92. The molecule has 150 valence electrons. The second-order valence-corrected chi connectivity index (χ2v) is 8.36. The van der Waals surface area contributed by atoms with Gasteiger partial charge in [0.2, 0.25) is 0 Å². The lowest BCUT2D eigenvalue weighted by molar-refractivity contribution is -0.137. The number of carbonyl (C=O) groups excluding carboxylic acids is 1. The number of benzene rings is 2. The molecule has 0 aliphatic carbocycles. The fourth-order valence-corrected chi connectivity index (χ4v) is 5.05. The molecule has 1 aliphatic rings. The van der Waals surface area contributed by atoms with Crippen LogP contribution in [0.1, 0.15) is 34.8 Å². The number of fused-ring (bicyclic) bond motifs is 1. The summed E-state index contributed by atoms with van der Waals surface area (Å²) < 4.78 is 71.3. The summed E-state index contributed by atoms with van der Waals surface area (Å²) in [6.45, 7) is 1.70. The number of alkyl halides is 3. The minimum absolute atomic E-state index is 0.0703. The number of hydrogen-bond acceptors (Lipinski definition) is 4. The lowest BCUT2D eigenvalue weighted by Gasteiger charge is -2.36. The Labute approximate surface area is 160 Å². The topological polar surface area (TPSA) is 63.7 Å². The Bertz CT molecular complexity index is 1020. The van der Waals surface area contributed by atoms with Gasteiger partial charge in [-0.1, -0.05) is 6.07 Å². The third-order valence-electron chi connectivity index (χ3n) is 4.69. The van der Waals surface area contributed by atoms with E-state index in [0.717, 1.165) is 16.4 Å². The molecule has 0 amide bonds. The quantitative estimate of drug-likeness (QED) is 0.713. The maximum absolute atomic E-state index is 13.3. The van der Waals surface area contributed by atoms with Crippen LogP contribution in [-0.4, -0.2) is 27.5 Å². The van der Waals surface area contributed by atoms with E-state index in [1.165, 1.54) is 37.4 Å². The number of esters is 1. The van der Waals surface area contributed by atoms with E-state index in [9.17, 15) is 26.4 Å². The van der Waals surface area contributed by atoms with Crippen molar-refractivity contribution < 1.29 is 31.1 Å². The van der Waals surface area contributed by atoms with Crippen molar-refractivity contribution in [2.75, 3.05) is 11.4 Å². The standard InChI is InChI=1S/C19H18F3NO4S/c1-12-6-7-13-10-15(19(20,21)22)8-9-17(13)23(12)28(25,26)16-5-3-4-14(11-16)18(24)27-2/h3-5,8-12H,6-7H2,1-2H3. The third kappa shape index (κ3) is 3.58. The molecule has 0 aromatic heterocycles. The number of sulfonamides is 1. The van der Waals surface area contributed by atoms with Gasteiger partial charge in [0.1, 0.15) is 0 Å². The first-order chi connectivity index (χ1) is 13.1. The number of anilines is 1. The van der Waals surface area contributed by atoms with Gasteiger partial charge in [0, 0.05) is 6.04 Å². The Hall–Kier alpha value is -2.55. The van der Waals surface area contributed by atoms with Crippen LogP contribution < -0.4 is 4.31 Å². The molecule has 1 aliphatic heterocycles. The van der Waals surface area contributed by atoms with Crippen LogP contribution in [0.4, 0.5) is 18.9 Å². The molecular weight excluding hydrogens is 395 g/mol. The van der Waals surface area contributed by atoms with Crippen molar-refractivity contribution >= 4 is 21.7 Å². The average Bonchev–Trinajstić information content (AvgIpc) is 2.66. The summed E-state index contributed by atoms with van der Waals surface area (Å²) in [7, 11) is -2.91. The van der Waals surface area contributed by atoms with Crippen molar-refractivity contribution in [3.63, 3.8) is 0 Å². The normalized spacial score (nSPS) is 17.2. The van der Waals surface area contributed by atoms with E-state index in [1.54, 1.807) is 6.92 Å². The number of carbonyl (C=O) groups is 1. The maximum Gasteiger partial charge on any atom is 0.416 e. The number of halogens is 3. The summed E-state index contributed by atoms with van der Waals surface area (Å²) in [4.78, 5) is 11.6. The van der Waals surface area contributed by atoms with Gasteiger partial charge in [0.15, 0.2) is 0 Å². The molecule has 0 radical (unpaired) electrons. The van der Waals surface area contributed by atoms with Crippen molar-refractivity contribution in [3.05, 3.63) is 59.2 Å². The summed E-state index contributed by atoms with van der Waals surface area (Å²) in [5.41, 5.74) is -0.206. The van der Waals surface area contributed by atoms with E-state index in [4.69, 9.17) is 0 Å². The van der Waals surface area contributed by atoms with Gasteiger partial charge in [-0.25, -0.2) is 13.2 Å². The Kier molecular flexibility index (Phi) is 5.14. The first-order valence-corrected chi connectivity index (χ1v) is 9.92. The van der Waals surface area contributed by atoms with Crippen molar-refractivity contribution in [2.45, 2.75) is 36.9 Å². The van der Waals surface area contributed by atoms with E-state index >= 15 is 0 Å². The molecule has 9 heteroatoms. The first-order valence-electron chi connectivity index (χ1n) is 8.48. The lowest BCUT2D eigenvalue weighted by atomic mass is 9.97. The molecule has 0 bridgehead atoms. The summed E-state index contributed by atoms with van der Waals surface area (Å²) >= 11 is 0. The largest absolute Gasteiger partial charge is 0.465 e. The number of hydrogen-bond donors (Lipinski definition) is 0. The monoisotopic (exact) mass is 413 g/mol. The predicted octanol–water partition coefficient (Wildman–Crippen LogP) is 4.02. The van der Waals surface area contributed by atoms with Crippen LogP contribution in [0.15, 0.2) is 47.4 Å². The molecule has 3 rings (SSSR count). The smallest absolute Gasteiger partial charge is 0.416 e. The predicted molar refractivity (Wildman–Crippen MR) is 96.7 cm³/mol. The van der Waals surface area contributed by atoms with Crippen LogP contribution in [0.5, 0.6) is 0 Å². The first kappa shape index (κ1) is 20.2.